The van der Waals surface area contributed by atoms with Crippen LogP contribution in [0.15, 0.2) is 10.5 Å². The predicted molar refractivity (Wildman–Crippen MR) is 70.9 cm³/mol. The van der Waals surface area contributed by atoms with E-state index in [0.29, 0.717) is 13.0 Å². The van der Waals surface area contributed by atoms with Crippen LogP contribution in [0.2, 0.25) is 0 Å². The fraction of sp³-hybridized carbons (Fsp3) is 0.667. The van der Waals surface area contributed by atoms with Crippen molar-refractivity contribution < 1.29 is 8.78 Å². The van der Waals surface area contributed by atoms with Crippen molar-refractivity contribution in [3.63, 3.8) is 0 Å². The van der Waals surface area contributed by atoms with Gasteiger partial charge in [0, 0.05) is 27.2 Å². The Balaban J connectivity index is 2.00. The molecule has 0 aliphatic carbocycles. The van der Waals surface area contributed by atoms with Crippen molar-refractivity contribution in [3.8, 4) is 0 Å². The maximum Gasteiger partial charge on any atom is 0.260 e. The van der Waals surface area contributed by atoms with Gasteiger partial charge < -0.3 is 0 Å². The number of hydrogen-bond donors (Lipinski definition) is 0. The molecule has 0 N–H and O–H groups in total. The second kappa shape index (κ2) is 5.33. The average Bonchev–Trinajstić information content (AvgIpc) is 2.57. The topological polar surface area (TPSA) is 3.24 Å². The van der Waals surface area contributed by atoms with Crippen LogP contribution >= 0.6 is 27.3 Å². The summed E-state index contributed by atoms with van der Waals surface area (Å²) in [6.45, 7) is 3.45. The molecular formula is C12H16BrF2NS. The van der Waals surface area contributed by atoms with Gasteiger partial charge in [-0.25, -0.2) is 8.78 Å². The van der Waals surface area contributed by atoms with E-state index in [1.54, 1.807) is 11.3 Å². The summed E-state index contributed by atoms with van der Waals surface area (Å²) >= 11 is 5.23. The van der Waals surface area contributed by atoms with E-state index < -0.39 is 5.92 Å². The van der Waals surface area contributed by atoms with E-state index in [1.807, 2.05) is 4.90 Å². The average molecular weight is 324 g/mol. The molecule has 0 aromatic carbocycles. The minimum Gasteiger partial charge on any atom is -0.292 e. The Kier molecular flexibility index (Phi) is 4.21. The van der Waals surface area contributed by atoms with Crippen molar-refractivity contribution in [2.24, 2.45) is 0 Å². The lowest BCUT2D eigenvalue weighted by molar-refractivity contribution is -0.0658. The van der Waals surface area contributed by atoms with Crippen molar-refractivity contribution in [2.45, 2.75) is 38.7 Å². The molecule has 1 fully saturated rings. The van der Waals surface area contributed by atoms with E-state index in [4.69, 9.17) is 0 Å². The third-order valence-corrected chi connectivity index (χ3v) is 5.21. The fourth-order valence-electron chi connectivity index (χ4n) is 2.18. The quantitative estimate of drug-likeness (QED) is 0.801. The van der Waals surface area contributed by atoms with Crippen LogP contribution in [0.1, 0.15) is 29.5 Å². The van der Waals surface area contributed by atoms with Gasteiger partial charge >= 0.3 is 0 Å². The molecule has 0 amide bonds. The molecule has 5 heteroatoms. The van der Waals surface area contributed by atoms with Crippen LogP contribution < -0.4 is 0 Å². The highest BCUT2D eigenvalue weighted by Crippen LogP contribution is 2.31. The van der Waals surface area contributed by atoms with Crippen molar-refractivity contribution in [1.29, 1.82) is 0 Å². The summed E-state index contributed by atoms with van der Waals surface area (Å²) in [6.07, 6.45) is 1.62. The maximum absolute atomic E-state index is 13.3. The minimum atomic E-state index is -2.50. The van der Waals surface area contributed by atoms with Gasteiger partial charge in [-0.3, -0.25) is 4.90 Å². The maximum atomic E-state index is 13.3. The normalized spacial score (nSPS) is 20.7. The van der Waals surface area contributed by atoms with Crippen molar-refractivity contribution in [1.82, 2.24) is 4.90 Å². The van der Waals surface area contributed by atoms with Gasteiger partial charge in [0.15, 0.2) is 0 Å². The zero-order valence-corrected chi connectivity index (χ0v) is 12.2. The highest BCUT2D eigenvalue weighted by Gasteiger charge is 2.35. The van der Waals surface area contributed by atoms with Crippen LogP contribution in [-0.2, 0) is 13.0 Å². The van der Waals surface area contributed by atoms with Gasteiger partial charge in [0.25, 0.3) is 5.92 Å². The Labute approximate surface area is 113 Å². The van der Waals surface area contributed by atoms with Gasteiger partial charge in [0.2, 0.25) is 0 Å². The van der Waals surface area contributed by atoms with E-state index in [2.05, 4.69) is 28.9 Å². The molecule has 1 aliphatic rings. The molecule has 2 heterocycles. The van der Waals surface area contributed by atoms with Gasteiger partial charge in [-0.15, -0.1) is 11.3 Å². The number of aryl methyl sites for hydroxylation is 1. The molecule has 1 nitrogen and oxygen atoms in total. The number of halogens is 3. The van der Waals surface area contributed by atoms with Crippen LogP contribution in [0.25, 0.3) is 0 Å². The van der Waals surface area contributed by atoms with Gasteiger partial charge in [-0.2, -0.15) is 0 Å². The molecule has 0 radical (unpaired) electrons. The first kappa shape index (κ1) is 13.4. The largest absolute Gasteiger partial charge is 0.292 e. The van der Waals surface area contributed by atoms with Crippen LogP contribution in [0.3, 0.4) is 0 Å². The molecule has 17 heavy (non-hydrogen) atoms. The zero-order chi connectivity index (χ0) is 12.5. The first-order valence-corrected chi connectivity index (χ1v) is 7.48. The number of piperidine rings is 1. The summed E-state index contributed by atoms with van der Waals surface area (Å²) in [4.78, 5) is 4.33. The summed E-state index contributed by atoms with van der Waals surface area (Å²) < 4.78 is 27.6. The molecular weight excluding hydrogens is 308 g/mol. The van der Waals surface area contributed by atoms with Crippen LogP contribution in [0.4, 0.5) is 8.78 Å². The number of rotatable bonds is 3. The highest BCUT2D eigenvalue weighted by atomic mass is 79.9. The summed E-state index contributed by atoms with van der Waals surface area (Å²) in [5.74, 6) is -2.50. The molecule has 0 bridgehead atoms. The SMILES string of the molecule is CCc1sc(CN2CCCC(F)(F)C2)cc1Br. The molecule has 1 aliphatic heterocycles. The molecule has 0 atom stereocenters. The number of nitrogens with zero attached hydrogens (tertiary/aromatic N) is 1. The highest BCUT2D eigenvalue weighted by molar-refractivity contribution is 9.10. The summed E-state index contributed by atoms with van der Waals surface area (Å²) in [5, 5.41) is 0. The Morgan fingerprint density at radius 3 is 2.88 bits per heavy atom. The first-order chi connectivity index (χ1) is 8.00. The van der Waals surface area contributed by atoms with E-state index in [9.17, 15) is 8.78 Å². The summed E-state index contributed by atoms with van der Waals surface area (Å²) in [7, 11) is 0. The van der Waals surface area contributed by atoms with Crippen LogP contribution in [-0.4, -0.2) is 23.9 Å². The Morgan fingerprint density at radius 1 is 1.53 bits per heavy atom. The minimum absolute atomic E-state index is 0.0395. The van der Waals surface area contributed by atoms with Crippen molar-refractivity contribution >= 4 is 27.3 Å². The number of likely N-dealkylation sites (tertiary alicyclic amines) is 1. The summed E-state index contributed by atoms with van der Waals surface area (Å²) in [6, 6.07) is 2.07. The van der Waals surface area contributed by atoms with Crippen molar-refractivity contribution in [2.75, 3.05) is 13.1 Å². The number of alkyl halides is 2. The Bertz CT molecular complexity index is 392. The third kappa shape index (κ3) is 3.48. The molecule has 0 spiro atoms. The molecule has 1 aromatic rings. The lowest BCUT2D eigenvalue weighted by Crippen LogP contribution is -2.41. The lowest BCUT2D eigenvalue weighted by atomic mass is 10.1. The molecule has 0 unspecified atom stereocenters. The molecule has 1 aromatic heterocycles. The van der Waals surface area contributed by atoms with Crippen LogP contribution in [0.5, 0.6) is 0 Å². The summed E-state index contributed by atoms with van der Waals surface area (Å²) in [5.41, 5.74) is 0. The molecule has 0 saturated carbocycles. The first-order valence-electron chi connectivity index (χ1n) is 5.87. The monoisotopic (exact) mass is 323 g/mol. The van der Waals surface area contributed by atoms with E-state index in [0.717, 1.165) is 17.4 Å². The van der Waals surface area contributed by atoms with Gasteiger partial charge in [-0.1, -0.05) is 6.92 Å². The number of thiophene rings is 1. The molecule has 96 valence electrons. The van der Waals surface area contributed by atoms with Gasteiger partial charge in [-0.05, 0) is 41.4 Å². The lowest BCUT2D eigenvalue weighted by Gasteiger charge is -2.31. The third-order valence-electron chi connectivity index (χ3n) is 2.98. The smallest absolute Gasteiger partial charge is 0.260 e. The standard InChI is InChI=1S/C12H16BrF2NS/c1-2-11-10(13)6-9(17-11)7-16-5-3-4-12(14,15)8-16/h6H,2-5,7-8H2,1H3. The van der Waals surface area contributed by atoms with E-state index in [1.165, 1.54) is 9.75 Å². The van der Waals surface area contributed by atoms with E-state index in [-0.39, 0.29) is 13.0 Å². The fourth-order valence-corrected chi connectivity index (χ4v) is 4.17. The second-order valence-electron chi connectivity index (χ2n) is 4.51. The van der Waals surface area contributed by atoms with Crippen molar-refractivity contribution in [3.05, 3.63) is 20.3 Å². The Hall–Kier alpha value is -0.0000000000000000555. The predicted octanol–water partition coefficient (Wildman–Crippen LogP) is 4.30. The van der Waals surface area contributed by atoms with E-state index >= 15 is 0 Å². The zero-order valence-electron chi connectivity index (χ0n) is 9.81. The van der Waals surface area contributed by atoms with Crippen LogP contribution in [0, 0.1) is 0 Å². The van der Waals surface area contributed by atoms with Gasteiger partial charge in [0.1, 0.15) is 0 Å². The second-order valence-corrected chi connectivity index (χ2v) is 6.58. The molecule has 2 rings (SSSR count). The van der Waals surface area contributed by atoms with Gasteiger partial charge in [0.05, 0.1) is 6.54 Å². The Morgan fingerprint density at radius 2 is 2.29 bits per heavy atom. The number of hydrogen-bond acceptors (Lipinski definition) is 2. The molecule has 1 saturated heterocycles.